The summed E-state index contributed by atoms with van der Waals surface area (Å²) in [6, 6.07) is 37.1. The van der Waals surface area contributed by atoms with Crippen LogP contribution in [0.5, 0.6) is 0 Å². The number of hydrogen-bond acceptors (Lipinski definition) is 4. The van der Waals surface area contributed by atoms with Crippen molar-refractivity contribution >= 4 is 44.6 Å². The molecule has 0 unspecified atom stereocenters. The van der Waals surface area contributed by atoms with Gasteiger partial charge >= 0.3 is 0 Å². The van der Waals surface area contributed by atoms with Crippen LogP contribution in [0.1, 0.15) is 38.8 Å². The summed E-state index contributed by atoms with van der Waals surface area (Å²) >= 11 is 6.27. The number of carbonyl (C=O) groups is 1. The maximum atomic E-state index is 14.5. The monoisotopic (exact) mass is 607 g/mol. The van der Waals surface area contributed by atoms with E-state index in [0.717, 1.165) is 22.3 Å². The molecule has 6 nitrogen and oxygen atoms in total. The molecule has 43 heavy (non-hydrogen) atoms. The van der Waals surface area contributed by atoms with Gasteiger partial charge in [-0.25, -0.2) is 8.42 Å². The molecule has 5 aromatic carbocycles. The van der Waals surface area contributed by atoms with Crippen molar-refractivity contribution in [1.82, 2.24) is 0 Å². The van der Waals surface area contributed by atoms with Gasteiger partial charge in [0, 0.05) is 22.9 Å². The fraction of sp³-hybridized carbons (Fsp3) is 0.114. The average molecular weight is 608 g/mol. The van der Waals surface area contributed by atoms with Gasteiger partial charge in [-0.05, 0) is 79.6 Å². The number of amides is 1. The third-order valence-corrected chi connectivity index (χ3v) is 9.19. The Kier molecular flexibility index (Phi) is 7.69. The molecule has 8 heteroatoms. The zero-order valence-electron chi connectivity index (χ0n) is 23.7. The summed E-state index contributed by atoms with van der Waals surface area (Å²) in [7, 11) is -3.97. The van der Waals surface area contributed by atoms with Crippen LogP contribution in [0.15, 0.2) is 126 Å². The number of benzene rings is 5. The zero-order chi connectivity index (χ0) is 30.1. The van der Waals surface area contributed by atoms with Gasteiger partial charge in [0.15, 0.2) is 0 Å². The largest absolute Gasteiger partial charge is 0.342 e. The molecule has 6 rings (SSSR count). The van der Waals surface area contributed by atoms with E-state index >= 15 is 0 Å². The van der Waals surface area contributed by atoms with E-state index < -0.39 is 16.2 Å². The molecule has 0 aromatic heterocycles. The van der Waals surface area contributed by atoms with E-state index in [1.54, 1.807) is 29.2 Å². The van der Waals surface area contributed by atoms with Crippen LogP contribution in [0, 0.1) is 13.8 Å². The van der Waals surface area contributed by atoms with Gasteiger partial charge < -0.3 is 4.90 Å². The molecular weight excluding hydrogens is 578 g/mol. The van der Waals surface area contributed by atoms with Crippen molar-refractivity contribution < 1.29 is 13.2 Å². The molecule has 1 aliphatic heterocycles. The van der Waals surface area contributed by atoms with Gasteiger partial charge in [0.2, 0.25) is 0 Å². The first-order chi connectivity index (χ1) is 20.7. The fourth-order valence-corrected chi connectivity index (χ4v) is 6.54. The summed E-state index contributed by atoms with van der Waals surface area (Å²) in [6.45, 7) is 4.41. The Balaban J connectivity index is 1.52. The highest BCUT2D eigenvalue weighted by atomic mass is 35.5. The minimum atomic E-state index is -3.97. The first kappa shape index (κ1) is 28.5. The highest BCUT2D eigenvalue weighted by Gasteiger charge is 2.40. The zero-order valence-corrected chi connectivity index (χ0v) is 25.3. The number of carbonyl (C=O) groups excluding carboxylic acids is 1. The lowest BCUT2D eigenvalue weighted by atomic mass is 9.99. The normalized spacial score (nSPS) is 14.9. The average Bonchev–Trinajstić information content (AvgIpc) is 3.01. The Morgan fingerprint density at radius 3 is 2.05 bits per heavy atom. The number of nitrogens with zero attached hydrogens (tertiary/aromatic N) is 2. The van der Waals surface area contributed by atoms with Crippen molar-refractivity contribution in [3.63, 3.8) is 0 Å². The number of anilines is 3. The molecule has 0 bridgehead atoms. The third-order valence-electron chi connectivity index (χ3n) is 7.56. The van der Waals surface area contributed by atoms with E-state index in [9.17, 15) is 13.2 Å². The summed E-state index contributed by atoms with van der Waals surface area (Å²) in [5, 5.41) is 0.596. The van der Waals surface area contributed by atoms with Gasteiger partial charge in [-0.2, -0.15) is 0 Å². The molecule has 1 heterocycles. The summed E-state index contributed by atoms with van der Waals surface area (Å²) in [5.41, 5.74) is 6.09. The second-order valence-corrected chi connectivity index (χ2v) is 12.8. The molecule has 216 valence electrons. The number of fused-ring (bicyclic) bond motifs is 1. The lowest BCUT2D eigenvalue weighted by molar-refractivity contribution is 0.0968. The highest BCUT2D eigenvalue weighted by molar-refractivity contribution is 7.92. The minimum absolute atomic E-state index is 0.00800. The van der Waals surface area contributed by atoms with Crippen LogP contribution in [0.25, 0.3) is 0 Å². The van der Waals surface area contributed by atoms with Crippen molar-refractivity contribution in [1.29, 1.82) is 0 Å². The number of halogens is 1. The summed E-state index contributed by atoms with van der Waals surface area (Å²) in [4.78, 5) is 18.4. The molecule has 0 saturated carbocycles. The molecule has 0 radical (unpaired) electrons. The van der Waals surface area contributed by atoms with Crippen molar-refractivity contribution in [2.24, 2.45) is 0 Å². The molecule has 0 spiro atoms. The number of rotatable bonds is 7. The first-order valence-corrected chi connectivity index (χ1v) is 15.8. The lowest BCUT2D eigenvalue weighted by Crippen LogP contribution is -2.49. The van der Waals surface area contributed by atoms with Crippen LogP contribution in [0.2, 0.25) is 5.02 Å². The van der Waals surface area contributed by atoms with Crippen LogP contribution in [0.3, 0.4) is 0 Å². The van der Waals surface area contributed by atoms with Crippen molar-refractivity contribution in [3.05, 3.63) is 154 Å². The van der Waals surface area contributed by atoms with E-state index in [1.807, 2.05) is 105 Å². The van der Waals surface area contributed by atoms with Crippen LogP contribution in [-0.2, 0) is 16.6 Å². The van der Waals surface area contributed by atoms with E-state index in [-0.39, 0.29) is 10.8 Å². The van der Waals surface area contributed by atoms with Crippen LogP contribution < -0.4 is 14.5 Å². The number of aryl methyl sites for hydroxylation is 2. The standard InChI is InChI=1S/C35H30ClN3O3S/c1-24-8-16-29(17-9-24)37-43(41,42)31-20-21-33-32(22-31)35(40)39(30-18-10-25(2)11-19-30)34(27-12-14-28(36)15-13-27)38(33)23-26-6-4-3-5-7-26/h3-22,34,37H,23H2,1-2H3/t34-/m0/s1. The Hall–Kier alpha value is -4.59. The van der Waals surface area contributed by atoms with Gasteiger partial charge in [-0.3, -0.25) is 14.4 Å². The predicted octanol–water partition coefficient (Wildman–Crippen LogP) is 8.12. The van der Waals surface area contributed by atoms with Crippen LogP contribution in [0.4, 0.5) is 17.1 Å². The molecular formula is C35H30ClN3O3S. The topological polar surface area (TPSA) is 69.7 Å². The quantitative estimate of drug-likeness (QED) is 0.203. The van der Waals surface area contributed by atoms with Crippen molar-refractivity contribution in [2.45, 2.75) is 31.5 Å². The third kappa shape index (κ3) is 5.87. The highest BCUT2D eigenvalue weighted by Crippen LogP contribution is 2.43. The molecule has 1 N–H and O–H groups in total. The van der Waals surface area contributed by atoms with Crippen LogP contribution >= 0.6 is 11.6 Å². The summed E-state index contributed by atoms with van der Waals surface area (Å²) < 4.78 is 29.6. The summed E-state index contributed by atoms with van der Waals surface area (Å²) in [5.74, 6) is -0.296. The van der Waals surface area contributed by atoms with E-state index in [0.29, 0.717) is 34.2 Å². The SMILES string of the molecule is Cc1ccc(NS(=O)(=O)c2ccc3c(c2)C(=O)N(c2ccc(C)cc2)[C@@H](c2ccc(Cl)cc2)N3Cc2ccccc2)cc1. The lowest BCUT2D eigenvalue weighted by Gasteiger charge is -2.46. The van der Waals surface area contributed by atoms with Gasteiger partial charge in [-0.15, -0.1) is 0 Å². The van der Waals surface area contributed by atoms with Crippen molar-refractivity contribution in [3.8, 4) is 0 Å². The molecule has 1 aliphatic rings. The Morgan fingerprint density at radius 1 is 0.767 bits per heavy atom. The number of sulfonamides is 1. The maximum Gasteiger partial charge on any atom is 0.262 e. The van der Waals surface area contributed by atoms with Gasteiger partial charge in [-0.1, -0.05) is 89.5 Å². The molecule has 0 saturated heterocycles. The van der Waals surface area contributed by atoms with Gasteiger partial charge in [0.25, 0.3) is 15.9 Å². The van der Waals surface area contributed by atoms with Crippen molar-refractivity contribution in [2.75, 3.05) is 14.5 Å². The van der Waals surface area contributed by atoms with Gasteiger partial charge in [0.05, 0.1) is 16.1 Å². The number of nitrogens with one attached hydrogen (secondary N) is 1. The molecule has 0 aliphatic carbocycles. The summed E-state index contributed by atoms with van der Waals surface area (Å²) in [6.07, 6.45) is -0.520. The molecule has 1 atom stereocenters. The smallest absolute Gasteiger partial charge is 0.262 e. The van der Waals surface area contributed by atoms with Crippen LogP contribution in [-0.4, -0.2) is 14.3 Å². The molecule has 5 aromatic rings. The van der Waals surface area contributed by atoms with E-state index in [4.69, 9.17) is 11.6 Å². The van der Waals surface area contributed by atoms with Gasteiger partial charge in [0.1, 0.15) is 6.17 Å². The first-order valence-electron chi connectivity index (χ1n) is 13.9. The fourth-order valence-electron chi connectivity index (χ4n) is 5.33. The maximum absolute atomic E-state index is 14.5. The molecule has 1 amide bonds. The Morgan fingerprint density at radius 2 is 1.40 bits per heavy atom. The Bertz CT molecular complexity index is 1880. The second-order valence-electron chi connectivity index (χ2n) is 10.7. The number of hydrogen-bond donors (Lipinski definition) is 1. The Labute approximate surface area is 257 Å². The predicted molar refractivity (Wildman–Crippen MR) is 173 cm³/mol. The second kappa shape index (κ2) is 11.6. The van der Waals surface area contributed by atoms with E-state index in [2.05, 4.69) is 9.62 Å². The molecule has 0 fully saturated rings. The van der Waals surface area contributed by atoms with E-state index in [1.165, 1.54) is 6.07 Å². The minimum Gasteiger partial charge on any atom is -0.342 e.